The fraction of sp³-hybridized carbons (Fsp3) is 0.444. The molecule has 1 fully saturated rings. The van der Waals surface area contributed by atoms with Crippen molar-refractivity contribution in [3.63, 3.8) is 0 Å². The van der Waals surface area contributed by atoms with E-state index in [9.17, 15) is 17.6 Å². The first-order chi connectivity index (χ1) is 13.3. The van der Waals surface area contributed by atoms with Gasteiger partial charge in [0.25, 0.3) is 0 Å². The Morgan fingerprint density at radius 2 is 1.93 bits per heavy atom. The van der Waals surface area contributed by atoms with E-state index >= 15 is 0 Å². The zero-order chi connectivity index (χ0) is 20.1. The Balaban J connectivity index is 1.54. The fourth-order valence-corrected chi connectivity index (χ4v) is 5.63. The van der Waals surface area contributed by atoms with Gasteiger partial charge in [-0.1, -0.05) is 5.16 Å². The lowest BCUT2D eigenvalue weighted by Crippen LogP contribution is -2.50. The number of halogens is 1. The summed E-state index contributed by atoms with van der Waals surface area (Å²) in [5.74, 6) is -0.132. The number of cyclic esters (lactones) is 1. The number of anilines is 1. The van der Waals surface area contributed by atoms with E-state index in [2.05, 4.69) is 5.16 Å². The molecule has 10 heteroatoms. The Hall–Kier alpha value is -2.46. The molecule has 0 radical (unpaired) electrons. The van der Waals surface area contributed by atoms with Crippen LogP contribution >= 0.6 is 0 Å². The standard InChI is InChI=1S/C18H20FN3O5S/c1-11-17(12(2)27-20-11)28(24,25)21-7-5-15(6-8-21)22-16-4-3-14(19)9-13(16)10-26-18(22)23/h3-4,9,15H,5-8,10H2,1-2H3. The minimum absolute atomic E-state index is 0.0295. The maximum absolute atomic E-state index is 13.5. The van der Waals surface area contributed by atoms with Gasteiger partial charge in [-0.15, -0.1) is 0 Å². The quantitative estimate of drug-likeness (QED) is 0.774. The van der Waals surface area contributed by atoms with Crippen molar-refractivity contribution >= 4 is 21.8 Å². The third-order valence-electron chi connectivity index (χ3n) is 5.20. The molecule has 0 aliphatic carbocycles. The monoisotopic (exact) mass is 409 g/mol. The molecule has 1 aromatic carbocycles. The van der Waals surface area contributed by atoms with Gasteiger partial charge in [0.1, 0.15) is 23.0 Å². The van der Waals surface area contributed by atoms with E-state index in [0.717, 1.165) is 0 Å². The lowest BCUT2D eigenvalue weighted by Gasteiger charge is -2.39. The van der Waals surface area contributed by atoms with E-state index in [1.807, 2.05) is 0 Å². The summed E-state index contributed by atoms with van der Waals surface area (Å²) in [6, 6.07) is 4.00. The molecule has 0 N–H and O–H groups in total. The fourth-order valence-electron chi connectivity index (χ4n) is 3.87. The summed E-state index contributed by atoms with van der Waals surface area (Å²) >= 11 is 0. The summed E-state index contributed by atoms with van der Waals surface area (Å²) in [7, 11) is -3.72. The van der Waals surface area contributed by atoms with Crippen molar-refractivity contribution in [3.05, 3.63) is 41.0 Å². The van der Waals surface area contributed by atoms with Crippen LogP contribution in [0.3, 0.4) is 0 Å². The largest absolute Gasteiger partial charge is 0.444 e. The first-order valence-electron chi connectivity index (χ1n) is 8.96. The molecule has 2 aliphatic rings. The van der Waals surface area contributed by atoms with E-state index in [1.165, 1.54) is 21.3 Å². The van der Waals surface area contributed by atoms with Gasteiger partial charge in [-0.25, -0.2) is 17.6 Å². The number of hydrogen-bond donors (Lipinski definition) is 0. The number of aromatic nitrogens is 1. The third kappa shape index (κ3) is 3.06. The number of amides is 1. The van der Waals surface area contributed by atoms with E-state index < -0.39 is 21.9 Å². The van der Waals surface area contributed by atoms with Crippen molar-refractivity contribution in [1.82, 2.24) is 9.46 Å². The highest BCUT2D eigenvalue weighted by molar-refractivity contribution is 7.89. The van der Waals surface area contributed by atoms with Crippen LogP contribution in [0, 0.1) is 19.7 Å². The highest BCUT2D eigenvalue weighted by Gasteiger charge is 2.38. The molecule has 3 heterocycles. The summed E-state index contributed by atoms with van der Waals surface area (Å²) < 4.78 is 51.0. The average molecular weight is 409 g/mol. The van der Waals surface area contributed by atoms with Crippen LogP contribution in [-0.4, -0.2) is 43.1 Å². The average Bonchev–Trinajstić information content (AvgIpc) is 3.01. The zero-order valence-corrected chi connectivity index (χ0v) is 16.3. The summed E-state index contributed by atoms with van der Waals surface area (Å²) in [4.78, 5) is 14.0. The number of ether oxygens (including phenoxy) is 1. The second-order valence-corrected chi connectivity index (χ2v) is 8.86. The van der Waals surface area contributed by atoms with Crippen LogP contribution in [0.5, 0.6) is 0 Å². The number of hydrogen-bond acceptors (Lipinski definition) is 6. The predicted molar refractivity (Wildman–Crippen MR) is 96.8 cm³/mol. The SMILES string of the molecule is Cc1noc(C)c1S(=O)(=O)N1CCC(N2C(=O)OCc3cc(F)ccc32)CC1. The van der Waals surface area contributed by atoms with Gasteiger partial charge in [0, 0.05) is 24.7 Å². The Morgan fingerprint density at radius 3 is 2.57 bits per heavy atom. The number of carbonyl (C=O) groups excluding carboxylic acids is 1. The number of fused-ring (bicyclic) bond motifs is 1. The molecule has 4 rings (SSSR count). The van der Waals surface area contributed by atoms with Gasteiger partial charge < -0.3 is 9.26 Å². The van der Waals surface area contributed by atoms with Gasteiger partial charge >= 0.3 is 6.09 Å². The van der Waals surface area contributed by atoms with Crippen LogP contribution in [0.25, 0.3) is 0 Å². The highest BCUT2D eigenvalue weighted by atomic mass is 32.2. The normalized spacial score (nSPS) is 18.8. The molecule has 2 aromatic rings. The molecule has 1 aromatic heterocycles. The number of carbonyl (C=O) groups is 1. The second-order valence-electron chi connectivity index (χ2n) is 6.99. The molecule has 1 saturated heterocycles. The number of nitrogens with zero attached hydrogens (tertiary/aromatic N) is 3. The van der Waals surface area contributed by atoms with Crippen LogP contribution in [0.2, 0.25) is 0 Å². The van der Waals surface area contributed by atoms with Gasteiger partial charge in [-0.3, -0.25) is 4.90 Å². The highest BCUT2D eigenvalue weighted by Crippen LogP contribution is 2.34. The maximum atomic E-state index is 13.5. The smallest absolute Gasteiger partial charge is 0.414 e. The number of benzene rings is 1. The van der Waals surface area contributed by atoms with Crippen molar-refractivity contribution in [2.24, 2.45) is 0 Å². The molecule has 0 bridgehead atoms. The number of aryl methyl sites for hydroxylation is 2. The molecule has 2 aliphatic heterocycles. The van der Waals surface area contributed by atoms with Crippen LogP contribution in [-0.2, 0) is 21.4 Å². The van der Waals surface area contributed by atoms with Crippen molar-refractivity contribution in [3.8, 4) is 0 Å². The summed E-state index contributed by atoms with van der Waals surface area (Å²) in [5.41, 5.74) is 1.55. The van der Waals surface area contributed by atoms with Crippen molar-refractivity contribution < 1.29 is 26.9 Å². The van der Waals surface area contributed by atoms with E-state index in [0.29, 0.717) is 29.8 Å². The van der Waals surface area contributed by atoms with Crippen LogP contribution in [0.4, 0.5) is 14.9 Å². The first-order valence-corrected chi connectivity index (χ1v) is 10.4. The van der Waals surface area contributed by atoms with Crippen molar-refractivity contribution in [1.29, 1.82) is 0 Å². The van der Waals surface area contributed by atoms with E-state index in [4.69, 9.17) is 9.26 Å². The number of sulfonamides is 1. The lowest BCUT2D eigenvalue weighted by atomic mass is 10.0. The molecule has 1 amide bonds. The lowest BCUT2D eigenvalue weighted by molar-refractivity contribution is 0.135. The van der Waals surface area contributed by atoms with Crippen LogP contribution < -0.4 is 4.90 Å². The molecule has 8 nitrogen and oxygen atoms in total. The molecule has 0 spiro atoms. The summed E-state index contributed by atoms with van der Waals surface area (Å²) in [6.45, 7) is 3.69. The maximum Gasteiger partial charge on any atom is 0.414 e. The van der Waals surface area contributed by atoms with E-state index in [-0.39, 0.29) is 36.4 Å². The predicted octanol–water partition coefficient (Wildman–Crippen LogP) is 2.74. The third-order valence-corrected chi connectivity index (χ3v) is 7.35. The zero-order valence-electron chi connectivity index (χ0n) is 15.5. The first kappa shape index (κ1) is 18.9. The van der Waals surface area contributed by atoms with Crippen LogP contribution in [0.1, 0.15) is 29.9 Å². The number of piperidine rings is 1. The minimum atomic E-state index is -3.72. The van der Waals surface area contributed by atoms with Gasteiger partial charge in [-0.05, 0) is 44.9 Å². The Kier molecular flexibility index (Phi) is 4.62. The number of rotatable bonds is 3. The van der Waals surface area contributed by atoms with Gasteiger partial charge in [0.05, 0.1) is 5.69 Å². The molecule has 150 valence electrons. The molecular weight excluding hydrogens is 389 g/mol. The van der Waals surface area contributed by atoms with Crippen molar-refractivity contribution in [2.75, 3.05) is 18.0 Å². The molecule has 0 unspecified atom stereocenters. The molecule has 0 saturated carbocycles. The Labute approximate surface area is 161 Å². The molecule has 0 atom stereocenters. The molecule has 28 heavy (non-hydrogen) atoms. The molecular formula is C18H20FN3O5S. The van der Waals surface area contributed by atoms with Crippen LogP contribution in [0.15, 0.2) is 27.6 Å². The summed E-state index contributed by atoms with van der Waals surface area (Å²) in [5, 5.41) is 3.73. The van der Waals surface area contributed by atoms with E-state index in [1.54, 1.807) is 19.9 Å². The van der Waals surface area contributed by atoms with Gasteiger partial charge in [-0.2, -0.15) is 4.31 Å². The Bertz CT molecular complexity index is 1010. The van der Waals surface area contributed by atoms with Crippen molar-refractivity contribution in [2.45, 2.75) is 44.2 Å². The van der Waals surface area contributed by atoms with Gasteiger partial charge in [0.2, 0.25) is 10.0 Å². The minimum Gasteiger partial charge on any atom is -0.444 e. The Morgan fingerprint density at radius 1 is 1.21 bits per heavy atom. The second kappa shape index (κ2) is 6.85. The summed E-state index contributed by atoms with van der Waals surface area (Å²) in [6.07, 6.45) is 0.384. The van der Waals surface area contributed by atoms with Gasteiger partial charge in [0.15, 0.2) is 5.76 Å². The topological polar surface area (TPSA) is 93.0 Å².